The molecule has 118 valence electrons. The van der Waals surface area contributed by atoms with Gasteiger partial charge in [-0.1, -0.05) is 6.92 Å². The summed E-state index contributed by atoms with van der Waals surface area (Å²) in [5.74, 6) is -0.107. The van der Waals surface area contributed by atoms with Gasteiger partial charge >= 0.3 is 5.97 Å². The molecule has 1 aliphatic rings. The van der Waals surface area contributed by atoms with Crippen LogP contribution in [-0.4, -0.2) is 49.2 Å². The molecule has 0 spiro atoms. The van der Waals surface area contributed by atoms with Crippen LogP contribution in [0.4, 0.5) is 0 Å². The monoisotopic (exact) mass is 284 g/mol. The van der Waals surface area contributed by atoms with E-state index >= 15 is 0 Å². The first-order valence-electron chi connectivity index (χ1n) is 8.16. The first kappa shape index (κ1) is 17.4. The number of ether oxygens (including phenoxy) is 1. The molecule has 1 rings (SSSR count). The van der Waals surface area contributed by atoms with Crippen LogP contribution in [0, 0.1) is 0 Å². The molecule has 4 heteroatoms. The number of nitrogens with one attached hydrogen (secondary N) is 1. The number of rotatable bonds is 11. The molecule has 0 aromatic carbocycles. The molecule has 1 fully saturated rings. The average Bonchev–Trinajstić information content (AvgIpc) is 3.26. The zero-order valence-corrected chi connectivity index (χ0v) is 13.7. The van der Waals surface area contributed by atoms with Gasteiger partial charge in [-0.3, -0.25) is 4.79 Å². The van der Waals surface area contributed by atoms with Crippen LogP contribution < -0.4 is 5.32 Å². The zero-order chi connectivity index (χ0) is 15.0. The molecule has 1 N–H and O–H groups in total. The largest absolute Gasteiger partial charge is 0.465 e. The number of carbonyl (C=O) groups is 1. The molecule has 1 atom stereocenters. The van der Waals surface area contributed by atoms with Gasteiger partial charge in [0.1, 0.15) is 5.54 Å². The Labute approximate surface area is 124 Å². The van der Waals surface area contributed by atoms with E-state index in [1.54, 1.807) is 0 Å². The van der Waals surface area contributed by atoms with Gasteiger partial charge < -0.3 is 15.0 Å². The zero-order valence-electron chi connectivity index (χ0n) is 13.7. The fourth-order valence-electron chi connectivity index (χ4n) is 2.49. The SMILES string of the molecule is CCCNC(C)(CCCCN(C)C1CC1)C(=O)OCC. The highest BCUT2D eigenvalue weighted by Gasteiger charge is 2.33. The summed E-state index contributed by atoms with van der Waals surface area (Å²) in [7, 11) is 2.21. The summed E-state index contributed by atoms with van der Waals surface area (Å²) < 4.78 is 5.22. The molecule has 0 amide bonds. The molecule has 0 aromatic heterocycles. The van der Waals surface area contributed by atoms with Crippen LogP contribution in [0.1, 0.15) is 59.3 Å². The van der Waals surface area contributed by atoms with E-state index in [2.05, 4.69) is 24.2 Å². The van der Waals surface area contributed by atoms with Crippen LogP contribution in [0.5, 0.6) is 0 Å². The van der Waals surface area contributed by atoms with Crippen molar-refractivity contribution in [2.24, 2.45) is 0 Å². The van der Waals surface area contributed by atoms with Crippen molar-refractivity contribution >= 4 is 5.97 Å². The topological polar surface area (TPSA) is 41.6 Å². The van der Waals surface area contributed by atoms with Crippen molar-refractivity contribution in [3.63, 3.8) is 0 Å². The van der Waals surface area contributed by atoms with Crippen LogP contribution in [-0.2, 0) is 9.53 Å². The Kier molecular flexibility index (Phi) is 7.52. The minimum absolute atomic E-state index is 0.107. The quantitative estimate of drug-likeness (QED) is 0.468. The first-order valence-corrected chi connectivity index (χ1v) is 8.16. The molecule has 1 unspecified atom stereocenters. The maximum atomic E-state index is 12.1. The predicted molar refractivity (Wildman–Crippen MR) is 82.8 cm³/mol. The third-order valence-electron chi connectivity index (χ3n) is 4.10. The van der Waals surface area contributed by atoms with Gasteiger partial charge in [0.05, 0.1) is 6.61 Å². The molecule has 1 saturated carbocycles. The maximum absolute atomic E-state index is 12.1. The molecule has 0 radical (unpaired) electrons. The highest BCUT2D eigenvalue weighted by molar-refractivity contribution is 5.80. The van der Waals surface area contributed by atoms with Crippen molar-refractivity contribution in [2.45, 2.75) is 70.9 Å². The second-order valence-electron chi connectivity index (χ2n) is 6.15. The van der Waals surface area contributed by atoms with Crippen molar-refractivity contribution in [3.8, 4) is 0 Å². The van der Waals surface area contributed by atoms with Gasteiger partial charge in [-0.25, -0.2) is 0 Å². The van der Waals surface area contributed by atoms with Crippen LogP contribution >= 0.6 is 0 Å². The average molecular weight is 284 g/mol. The lowest BCUT2D eigenvalue weighted by molar-refractivity contribution is -0.150. The van der Waals surface area contributed by atoms with Crippen molar-refractivity contribution in [1.82, 2.24) is 10.2 Å². The summed E-state index contributed by atoms with van der Waals surface area (Å²) in [5, 5.41) is 3.37. The van der Waals surface area contributed by atoms with E-state index < -0.39 is 5.54 Å². The highest BCUT2D eigenvalue weighted by atomic mass is 16.5. The number of carbonyl (C=O) groups excluding carboxylic acids is 1. The summed E-state index contributed by atoms with van der Waals surface area (Å²) in [5.41, 5.74) is -0.524. The molecule has 0 aromatic rings. The van der Waals surface area contributed by atoms with E-state index in [0.29, 0.717) is 6.61 Å². The van der Waals surface area contributed by atoms with Crippen molar-refractivity contribution in [1.29, 1.82) is 0 Å². The molecule has 0 aliphatic heterocycles. The Balaban J connectivity index is 2.32. The molecular formula is C16H32N2O2. The Bertz CT molecular complexity index is 292. The van der Waals surface area contributed by atoms with E-state index in [-0.39, 0.29) is 5.97 Å². The lowest BCUT2D eigenvalue weighted by Gasteiger charge is -2.29. The number of nitrogens with zero attached hydrogens (tertiary/aromatic N) is 1. The number of unbranched alkanes of at least 4 members (excludes halogenated alkanes) is 1. The minimum Gasteiger partial charge on any atom is -0.465 e. The van der Waals surface area contributed by atoms with Gasteiger partial charge in [-0.15, -0.1) is 0 Å². The molecule has 20 heavy (non-hydrogen) atoms. The van der Waals surface area contributed by atoms with Crippen molar-refractivity contribution in [3.05, 3.63) is 0 Å². The standard InChI is InChI=1S/C16H32N2O2/c1-5-12-17-16(3,15(19)20-6-2)11-7-8-13-18(4)14-9-10-14/h14,17H,5-13H2,1-4H3. The fourth-order valence-corrected chi connectivity index (χ4v) is 2.49. The summed E-state index contributed by atoms with van der Waals surface area (Å²) in [4.78, 5) is 14.6. The first-order chi connectivity index (χ1) is 9.53. The number of esters is 1. The third kappa shape index (κ3) is 5.80. The Morgan fingerprint density at radius 3 is 2.60 bits per heavy atom. The highest BCUT2D eigenvalue weighted by Crippen LogP contribution is 2.25. The molecule has 1 aliphatic carbocycles. The third-order valence-corrected chi connectivity index (χ3v) is 4.10. The van der Waals surface area contributed by atoms with Gasteiger partial charge in [0.25, 0.3) is 0 Å². The van der Waals surface area contributed by atoms with Crippen LogP contribution in [0.15, 0.2) is 0 Å². The van der Waals surface area contributed by atoms with Gasteiger partial charge in [0.2, 0.25) is 0 Å². The van der Waals surface area contributed by atoms with Crippen LogP contribution in [0.25, 0.3) is 0 Å². The molecule has 0 bridgehead atoms. The summed E-state index contributed by atoms with van der Waals surface area (Å²) in [6, 6.07) is 0.824. The number of hydrogen-bond donors (Lipinski definition) is 1. The lowest BCUT2D eigenvalue weighted by atomic mass is 9.94. The summed E-state index contributed by atoms with van der Waals surface area (Å²) >= 11 is 0. The molecule has 0 heterocycles. The normalized spacial score (nSPS) is 18.1. The maximum Gasteiger partial charge on any atom is 0.326 e. The Hall–Kier alpha value is -0.610. The van der Waals surface area contributed by atoms with Crippen LogP contribution in [0.2, 0.25) is 0 Å². The van der Waals surface area contributed by atoms with Crippen molar-refractivity contribution in [2.75, 3.05) is 26.7 Å². The second-order valence-corrected chi connectivity index (χ2v) is 6.15. The Morgan fingerprint density at radius 1 is 1.35 bits per heavy atom. The van der Waals surface area contributed by atoms with Gasteiger partial charge in [-0.2, -0.15) is 0 Å². The van der Waals surface area contributed by atoms with E-state index in [1.807, 2.05) is 13.8 Å². The fraction of sp³-hybridized carbons (Fsp3) is 0.938. The van der Waals surface area contributed by atoms with E-state index in [0.717, 1.165) is 44.8 Å². The summed E-state index contributed by atoms with van der Waals surface area (Å²) in [6.45, 7) is 8.40. The Morgan fingerprint density at radius 2 is 2.05 bits per heavy atom. The van der Waals surface area contributed by atoms with Crippen LogP contribution in [0.3, 0.4) is 0 Å². The van der Waals surface area contributed by atoms with Crippen molar-refractivity contribution < 1.29 is 9.53 Å². The minimum atomic E-state index is -0.524. The molecule has 0 saturated heterocycles. The van der Waals surface area contributed by atoms with Gasteiger partial charge in [0, 0.05) is 6.04 Å². The van der Waals surface area contributed by atoms with Gasteiger partial charge in [-0.05, 0) is 72.5 Å². The van der Waals surface area contributed by atoms with Gasteiger partial charge in [0.15, 0.2) is 0 Å². The van der Waals surface area contributed by atoms with E-state index in [1.165, 1.54) is 12.8 Å². The smallest absolute Gasteiger partial charge is 0.326 e. The predicted octanol–water partition coefficient (Wildman–Crippen LogP) is 2.57. The van der Waals surface area contributed by atoms with E-state index in [4.69, 9.17) is 4.74 Å². The lowest BCUT2D eigenvalue weighted by Crippen LogP contribution is -2.50. The van der Waals surface area contributed by atoms with E-state index in [9.17, 15) is 4.79 Å². The number of hydrogen-bond acceptors (Lipinski definition) is 4. The second kappa shape index (κ2) is 8.63. The molecular weight excluding hydrogens is 252 g/mol. The summed E-state index contributed by atoms with van der Waals surface area (Å²) in [6.07, 6.45) is 6.80. The molecule has 4 nitrogen and oxygen atoms in total.